The van der Waals surface area contributed by atoms with E-state index in [2.05, 4.69) is 0 Å². The van der Waals surface area contributed by atoms with E-state index in [-0.39, 0.29) is 6.61 Å². The topological polar surface area (TPSA) is 65.4 Å². The van der Waals surface area contributed by atoms with Crippen molar-refractivity contribution >= 4 is 23.2 Å². The lowest BCUT2D eigenvalue weighted by Gasteiger charge is -2.16. The molecule has 0 N–H and O–H groups in total. The Morgan fingerprint density at radius 2 is 2.00 bits per heavy atom. The van der Waals surface area contributed by atoms with Crippen molar-refractivity contribution in [3.63, 3.8) is 0 Å². The van der Waals surface area contributed by atoms with Gasteiger partial charge in [-0.3, -0.25) is 4.79 Å². The molecule has 1 heterocycles. The molecule has 0 saturated carbocycles. The number of benzene rings is 1. The number of pyridine rings is 1. The minimum absolute atomic E-state index is 0.0221. The lowest BCUT2D eigenvalue weighted by molar-refractivity contribution is -0.110. The highest BCUT2D eigenvalue weighted by atomic mass is 19.2. The maximum Gasteiger partial charge on any atom is 0.343 e. The molecule has 1 unspecified atom stereocenters. The Balaban J connectivity index is 2.97. The lowest BCUT2D eigenvalue weighted by Crippen LogP contribution is -2.23. The fraction of sp³-hybridized carbons (Fsp3) is 0.267. The van der Waals surface area contributed by atoms with Crippen LogP contribution in [0.2, 0.25) is 0 Å². The number of aldehydes is 1. The monoisotopic (exact) mass is 327 g/mol. The molecule has 8 heteroatoms. The van der Waals surface area contributed by atoms with Gasteiger partial charge in [0.15, 0.2) is 17.5 Å². The first-order chi connectivity index (χ1) is 10.8. The molecular weight excluding hydrogens is 315 g/mol. The Morgan fingerprint density at radius 1 is 1.35 bits per heavy atom. The highest BCUT2D eigenvalue weighted by Gasteiger charge is 2.24. The molecule has 0 fully saturated rings. The molecule has 122 valence electrons. The van der Waals surface area contributed by atoms with Crippen molar-refractivity contribution in [1.82, 2.24) is 4.57 Å². The Labute approximate surface area is 128 Å². The molecule has 0 amide bonds. The quantitative estimate of drug-likeness (QED) is 0.491. The number of hydrogen-bond donors (Lipinski definition) is 0. The SMILES string of the molecule is CCOC(=O)c1cn(C(C)C=O)c2c(F)c(F)c(F)cc2c1=O. The van der Waals surface area contributed by atoms with E-state index >= 15 is 0 Å². The van der Waals surface area contributed by atoms with E-state index in [0.717, 1.165) is 10.8 Å². The van der Waals surface area contributed by atoms with Crippen LogP contribution >= 0.6 is 0 Å². The third kappa shape index (κ3) is 2.71. The number of aromatic nitrogens is 1. The van der Waals surface area contributed by atoms with Gasteiger partial charge in [0.1, 0.15) is 11.8 Å². The van der Waals surface area contributed by atoms with Gasteiger partial charge in [0, 0.05) is 6.20 Å². The lowest BCUT2D eigenvalue weighted by atomic mass is 10.1. The molecule has 0 bridgehead atoms. The number of nitrogens with zero attached hydrogens (tertiary/aromatic N) is 1. The maximum atomic E-state index is 14.1. The molecule has 0 aliphatic heterocycles. The molecule has 0 radical (unpaired) electrons. The highest BCUT2D eigenvalue weighted by Crippen LogP contribution is 2.24. The average molecular weight is 327 g/mol. The fourth-order valence-corrected chi connectivity index (χ4v) is 2.16. The van der Waals surface area contributed by atoms with E-state index in [1.54, 1.807) is 0 Å². The van der Waals surface area contributed by atoms with Gasteiger partial charge >= 0.3 is 5.97 Å². The second kappa shape index (κ2) is 6.23. The first-order valence-electron chi connectivity index (χ1n) is 6.68. The first kappa shape index (κ1) is 16.7. The summed E-state index contributed by atoms with van der Waals surface area (Å²) in [4.78, 5) is 35.1. The Bertz CT molecular complexity index is 860. The molecule has 1 aromatic carbocycles. The normalized spacial score (nSPS) is 12.2. The van der Waals surface area contributed by atoms with Gasteiger partial charge in [-0.1, -0.05) is 0 Å². The largest absolute Gasteiger partial charge is 0.462 e. The van der Waals surface area contributed by atoms with Gasteiger partial charge in [-0.05, 0) is 19.9 Å². The summed E-state index contributed by atoms with van der Waals surface area (Å²) in [5.41, 5.74) is -2.11. The molecule has 0 saturated heterocycles. The Morgan fingerprint density at radius 3 is 2.57 bits per heavy atom. The van der Waals surface area contributed by atoms with Crippen LogP contribution in [-0.2, 0) is 9.53 Å². The van der Waals surface area contributed by atoms with Crippen LogP contribution in [-0.4, -0.2) is 23.4 Å². The van der Waals surface area contributed by atoms with Crippen molar-refractivity contribution in [1.29, 1.82) is 0 Å². The zero-order chi connectivity index (χ0) is 17.3. The maximum absolute atomic E-state index is 14.1. The first-order valence-corrected chi connectivity index (χ1v) is 6.68. The molecule has 0 spiro atoms. The number of ether oxygens (including phenoxy) is 1. The molecular formula is C15H12F3NO4. The predicted molar refractivity (Wildman–Crippen MR) is 74.8 cm³/mol. The molecule has 1 aromatic heterocycles. The van der Waals surface area contributed by atoms with Crippen molar-refractivity contribution in [2.75, 3.05) is 6.61 Å². The molecule has 5 nitrogen and oxygen atoms in total. The summed E-state index contributed by atoms with van der Waals surface area (Å²) in [7, 11) is 0. The molecule has 0 aliphatic carbocycles. The fourth-order valence-electron chi connectivity index (χ4n) is 2.16. The van der Waals surface area contributed by atoms with E-state index < -0.39 is 51.4 Å². The molecule has 2 rings (SSSR count). The molecule has 0 aliphatic rings. The van der Waals surface area contributed by atoms with Crippen molar-refractivity contribution in [3.8, 4) is 0 Å². The van der Waals surface area contributed by atoms with Crippen LogP contribution < -0.4 is 5.43 Å². The third-order valence-electron chi connectivity index (χ3n) is 3.28. The number of rotatable bonds is 4. The second-order valence-corrected chi connectivity index (χ2v) is 4.76. The van der Waals surface area contributed by atoms with Gasteiger partial charge in [-0.2, -0.15) is 0 Å². The summed E-state index contributed by atoms with van der Waals surface area (Å²) in [5, 5.41) is -0.555. The van der Waals surface area contributed by atoms with E-state index in [1.165, 1.54) is 13.8 Å². The van der Waals surface area contributed by atoms with Crippen LogP contribution in [0.15, 0.2) is 17.1 Å². The zero-order valence-corrected chi connectivity index (χ0v) is 12.2. The van der Waals surface area contributed by atoms with Gasteiger partial charge in [0.2, 0.25) is 5.43 Å². The summed E-state index contributed by atoms with van der Waals surface area (Å²) < 4.78 is 46.6. The van der Waals surface area contributed by atoms with Crippen LogP contribution in [0.3, 0.4) is 0 Å². The van der Waals surface area contributed by atoms with Crippen LogP contribution in [0.4, 0.5) is 13.2 Å². The smallest absolute Gasteiger partial charge is 0.343 e. The Hall–Kier alpha value is -2.64. The van der Waals surface area contributed by atoms with E-state index in [9.17, 15) is 27.6 Å². The summed E-state index contributed by atoms with van der Waals surface area (Å²) in [6, 6.07) is -0.530. The van der Waals surface area contributed by atoms with E-state index in [0.29, 0.717) is 12.4 Å². The van der Waals surface area contributed by atoms with Crippen LogP contribution in [0.1, 0.15) is 30.2 Å². The minimum Gasteiger partial charge on any atom is -0.462 e. The van der Waals surface area contributed by atoms with E-state index in [1.807, 2.05) is 0 Å². The van der Waals surface area contributed by atoms with Crippen molar-refractivity contribution in [2.45, 2.75) is 19.9 Å². The number of fused-ring (bicyclic) bond motifs is 1. The zero-order valence-electron chi connectivity index (χ0n) is 12.2. The molecule has 2 aromatic rings. The minimum atomic E-state index is -1.77. The molecule has 23 heavy (non-hydrogen) atoms. The highest BCUT2D eigenvalue weighted by molar-refractivity contribution is 5.94. The number of esters is 1. The summed E-state index contributed by atoms with van der Waals surface area (Å²) in [6.45, 7) is 2.83. The van der Waals surface area contributed by atoms with Gasteiger partial charge < -0.3 is 14.1 Å². The summed E-state index contributed by atoms with van der Waals surface area (Å²) >= 11 is 0. The summed E-state index contributed by atoms with van der Waals surface area (Å²) in [5.74, 6) is -5.95. The van der Waals surface area contributed by atoms with Gasteiger partial charge in [0.05, 0.1) is 23.6 Å². The van der Waals surface area contributed by atoms with Crippen molar-refractivity contribution < 1.29 is 27.5 Å². The number of hydrogen-bond acceptors (Lipinski definition) is 4. The standard InChI is InChI=1S/C15H12F3NO4/c1-3-23-15(22)9-5-19(7(2)6-20)13-8(14(9)21)4-10(16)11(17)12(13)18/h4-7H,3H2,1-2H3. The third-order valence-corrected chi connectivity index (χ3v) is 3.28. The number of halogens is 3. The number of carbonyl (C=O) groups is 2. The Kier molecular flexibility index (Phi) is 4.53. The summed E-state index contributed by atoms with van der Waals surface area (Å²) in [6.07, 6.45) is 1.31. The van der Waals surface area contributed by atoms with Gasteiger partial charge in [0.25, 0.3) is 0 Å². The van der Waals surface area contributed by atoms with Crippen LogP contribution in [0.5, 0.6) is 0 Å². The predicted octanol–water partition coefficient (Wildman–Crippen LogP) is 2.36. The van der Waals surface area contributed by atoms with Gasteiger partial charge in [-0.25, -0.2) is 18.0 Å². The van der Waals surface area contributed by atoms with E-state index in [4.69, 9.17) is 4.74 Å². The van der Waals surface area contributed by atoms with Crippen LogP contribution in [0, 0.1) is 17.5 Å². The van der Waals surface area contributed by atoms with Crippen molar-refractivity contribution in [3.05, 3.63) is 45.5 Å². The molecule has 1 atom stereocenters. The van der Waals surface area contributed by atoms with Gasteiger partial charge in [-0.15, -0.1) is 0 Å². The average Bonchev–Trinajstić information content (AvgIpc) is 2.53. The van der Waals surface area contributed by atoms with Crippen molar-refractivity contribution in [2.24, 2.45) is 0 Å². The second-order valence-electron chi connectivity index (χ2n) is 4.76. The van der Waals surface area contributed by atoms with Crippen LogP contribution in [0.25, 0.3) is 10.9 Å². The number of carbonyl (C=O) groups excluding carboxylic acids is 2.